The fourth-order valence-electron chi connectivity index (χ4n) is 6.87. The van der Waals surface area contributed by atoms with Gasteiger partial charge in [-0.25, -0.2) is 4.57 Å². The predicted octanol–water partition coefficient (Wildman–Crippen LogP) is 7.70. The maximum Gasteiger partial charge on any atom is 0.472 e. The third-order valence-electron chi connectivity index (χ3n) is 11.1. The summed E-state index contributed by atoms with van der Waals surface area (Å²) in [6, 6.07) is -1.27. The quantitative estimate of drug-likeness (QED) is 0.00931. The molecule has 10 N–H and O–H groups in total. The molecule has 19 heteroatoms. The molecule has 17 nitrogen and oxygen atoms in total. The van der Waals surface area contributed by atoms with Gasteiger partial charge in [0.25, 0.3) is 0 Å². The molecule has 73 heavy (non-hydrogen) atoms. The number of esters is 2. The molecule has 0 saturated heterocycles. The van der Waals surface area contributed by atoms with E-state index in [1.54, 1.807) is 18.2 Å². The Morgan fingerprint density at radius 1 is 0.644 bits per heavy atom. The molecule has 1 fully saturated rings. The van der Waals surface area contributed by atoms with Gasteiger partial charge in [-0.2, -0.15) is 0 Å². The van der Waals surface area contributed by atoms with Gasteiger partial charge >= 0.3 is 25.7 Å². The molecule has 1 aliphatic rings. The SMILES string of the molecule is CC/C=C\C/C=C\C/C=C\C/C=C\C/C=C\CCCCCC(=O)O[C@H](COC(=O)[C@@H](N)CS[C@H](/C=C/C=C/C=C\C/C=C\CCCCC)[C@@H](O)CCCC(=O)O)COP(=O)(O)OC1[C@H](O)[C@H](O)C(O)[C@H](O)[C@H]1O. The van der Waals surface area contributed by atoms with Crippen molar-refractivity contribution in [2.24, 2.45) is 5.73 Å². The van der Waals surface area contributed by atoms with E-state index in [9.17, 15) is 54.5 Å². The fourth-order valence-corrected chi connectivity index (χ4v) is 8.97. The number of hydrogen-bond donors (Lipinski definition) is 9. The maximum atomic E-state index is 13.1. The second-order valence-electron chi connectivity index (χ2n) is 17.5. The number of aliphatic hydroxyl groups is 6. The molecule has 1 aliphatic carbocycles. The van der Waals surface area contributed by atoms with E-state index in [1.165, 1.54) is 19.3 Å². The average molecular weight is 1070 g/mol. The van der Waals surface area contributed by atoms with Gasteiger partial charge in [0.2, 0.25) is 0 Å². The van der Waals surface area contributed by atoms with Gasteiger partial charge in [-0.1, -0.05) is 142 Å². The molecular formula is C54H86NO16PS. The molecule has 0 aliphatic heterocycles. The number of rotatable bonds is 41. The summed E-state index contributed by atoms with van der Waals surface area (Å²) in [5, 5.41) is 70.0. The monoisotopic (exact) mass is 1070 g/mol. The summed E-state index contributed by atoms with van der Waals surface area (Å²) in [5.41, 5.74) is 6.18. The summed E-state index contributed by atoms with van der Waals surface area (Å²) in [7, 11) is -5.28. The lowest BCUT2D eigenvalue weighted by atomic mass is 9.85. The minimum atomic E-state index is -5.28. The lowest BCUT2D eigenvalue weighted by Gasteiger charge is -2.41. The first kappa shape index (κ1) is 67.3. The second kappa shape index (κ2) is 42.5. The van der Waals surface area contributed by atoms with E-state index in [1.807, 2.05) is 18.2 Å². The number of aliphatic carboxylic acids is 1. The number of aliphatic hydroxyl groups excluding tert-OH is 6. The zero-order chi connectivity index (χ0) is 54.1. The number of thioether (sulfide) groups is 1. The molecule has 11 atom stereocenters. The first-order valence-corrected chi connectivity index (χ1v) is 28.2. The van der Waals surface area contributed by atoms with Crippen LogP contribution in [0, 0.1) is 0 Å². The van der Waals surface area contributed by atoms with E-state index >= 15 is 0 Å². The molecule has 1 saturated carbocycles. The molecular weight excluding hydrogens is 982 g/mol. The predicted molar refractivity (Wildman–Crippen MR) is 286 cm³/mol. The molecule has 0 bridgehead atoms. The normalized spacial score (nSPS) is 22.5. The number of ether oxygens (including phenoxy) is 2. The van der Waals surface area contributed by atoms with Crippen molar-refractivity contribution in [1.29, 1.82) is 0 Å². The molecule has 3 unspecified atom stereocenters. The van der Waals surface area contributed by atoms with Gasteiger partial charge in [-0.05, 0) is 83.5 Å². The standard InChI is InChI=1S/C54H86NO16PS/c1-3-5-7-9-11-13-15-17-18-19-20-21-22-23-25-27-29-31-33-38-47(59)70-42(40-69-72(66,67)71-53-51(63)49(61)48(60)50(62)52(53)64)39-68-54(65)43(55)41-73-45(44(56)35-34-37-46(57)58)36-32-30-28-26-24-16-14-12-10-8-6-4-2/h5,7,11-14,17-18,20-21,23-26,28,30,32,36,42-45,48-53,56,60-64H,3-4,6,8-10,15-16,19,22,27,29,31,33-35,37-41,55H2,1-2H3,(H,57,58)(H,66,67)/b7-5-,13-11-,14-12-,18-17-,21-20-,25-23-,26-24-,30-28+,36-32+/t42-,43+,44+,45-,48?,49-,50+,51-,52-,53?/m1/s1. The third kappa shape index (κ3) is 33.7. The zero-order valence-corrected chi connectivity index (χ0v) is 44.5. The smallest absolute Gasteiger partial charge is 0.472 e. The summed E-state index contributed by atoms with van der Waals surface area (Å²) < 4.78 is 33.7. The molecule has 0 radical (unpaired) electrons. The highest BCUT2D eigenvalue weighted by Crippen LogP contribution is 2.47. The van der Waals surface area contributed by atoms with Gasteiger partial charge in [0, 0.05) is 23.8 Å². The Morgan fingerprint density at radius 3 is 1.75 bits per heavy atom. The number of unbranched alkanes of at least 4 members (excludes halogenated alkanes) is 6. The molecule has 0 heterocycles. The van der Waals surface area contributed by atoms with Crippen LogP contribution in [0.5, 0.6) is 0 Å². The van der Waals surface area contributed by atoms with E-state index in [0.717, 1.165) is 69.5 Å². The lowest BCUT2D eigenvalue weighted by Crippen LogP contribution is -2.64. The Bertz CT molecular complexity index is 1820. The molecule has 0 spiro atoms. The fraction of sp³-hybridized carbons (Fsp3) is 0.611. The number of nitrogens with two attached hydrogens (primary N) is 1. The number of allylic oxidation sites excluding steroid dienone is 17. The third-order valence-corrected chi connectivity index (χ3v) is 13.5. The van der Waals surface area contributed by atoms with Crippen molar-refractivity contribution >= 4 is 37.5 Å². The van der Waals surface area contributed by atoms with Gasteiger partial charge in [0.15, 0.2) is 6.10 Å². The van der Waals surface area contributed by atoms with E-state index in [2.05, 4.69) is 86.8 Å². The van der Waals surface area contributed by atoms with Crippen molar-refractivity contribution in [3.63, 3.8) is 0 Å². The number of carbonyl (C=O) groups is 3. The summed E-state index contributed by atoms with van der Waals surface area (Å²) in [4.78, 5) is 47.7. The highest BCUT2D eigenvalue weighted by atomic mass is 32.2. The minimum Gasteiger partial charge on any atom is -0.481 e. The maximum absolute atomic E-state index is 13.1. The van der Waals surface area contributed by atoms with Crippen LogP contribution in [0.25, 0.3) is 0 Å². The first-order valence-electron chi connectivity index (χ1n) is 25.6. The van der Waals surface area contributed by atoms with E-state index in [4.69, 9.17) is 29.4 Å². The molecule has 0 aromatic heterocycles. The minimum absolute atomic E-state index is 0.0518. The summed E-state index contributed by atoms with van der Waals surface area (Å²) in [6.45, 7) is 2.68. The van der Waals surface area contributed by atoms with Crippen LogP contribution in [0.4, 0.5) is 0 Å². The van der Waals surface area contributed by atoms with Crippen molar-refractivity contribution in [1.82, 2.24) is 0 Å². The van der Waals surface area contributed by atoms with Gasteiger partial charge in [0.1, 0.15) is 49.3 Å². The van der Waals surface area contributed by atoms with Gasteiger partial charge in [0.05, 0.1) is 12.7 Å². The van der Waals surface area contributed by atoms with E-state index < -0.39 is 99.1 Å². The van der Waals surface area contributed by atoms with Crippen LogP contribution in [-0.2, 0) is 37.5 Å². The Morgan fingerprint density at radius 2 is 1.18 bits per heavy atom. The zero-order valence-electron chi connectivity index (χ0n) is 42.8. The number of phosphoric ester groups is 1. The lowest BCUT2D eigenvalue weighted by molar-refractivity contribution is -0.220. The van der Waals surface area contributed by atoms with Gasteiger partial charge < -0.3 is 55.8 Å². The summed E-state index contributed by atoms with van der Waals surface area (Å²) in [5.74, 6) is -2.75. The van der Waals surface area contributed by atoms with Crippen molar-refractivity contribution < 1.29 is 78.1 Å². The second-order valence-corrected chi connectivity index (χ2v) is 20.1. The molecule has 1 rings (SSSR count). The van der Waals surface area contributed by atoms with Crippen molar-refractivity contribution in [2.45, 2.75) is 190 Å². The Balaban J connectivity index is 2.87. The van der Waals surface area contributed by atoms with E-state index in [0.29, 0.717) is 12.8 Å². The highest BCUT2D eigenvalue weighted by molar-refractivity contribution is 8.00. The van der Waals surface area contributed by atoms with Crippen molar-refractivity contribution in [2.75, 3.05) is 19.0 Å². The Labute approximate surface area is 437 Å². The average Bonchev–Trinajstić information content (AvgIpc) is 3.36. The molecule has 0 aromatic carbocycles. The number of hydrogen-bond acceptors (Lipinski definition) is 16. The highest BCUT2D eigenvalue weighted by Gasteiger charge is 2.51. The van der Waals surface area contributed by atoms with Crippen LogP contribution < -0.4 is 5.73 Å². The van der Waals surface area contributed by atoms with Crippen LogP contribution >= 0.6 is 19.6 Å². The van der Waals surface area contributed by atoms with Crippen molar-refractivity contribution in [3.8, 4) is 0 Å². The van der Waals surface area contributed by atoms with Gasteiger partial charge in [-0.15, -0.1) is 11.8 Å². The number of carboxylic acids is 1. The van der Waals surface area contributed by atoms with Crippen LogP contribution in [0.2, 0.25) is 0 Å². The molecule has 0 aromatic rings. The van der Waals surface area contributed by atoms with Gasteiger partial charge in [-0.3, -0.25) is 23.4 Å². The summed E-state index contributed by atoms with van der Waals surface area (Å²) in [6.07, 6.45) is 34.4. The number of phosphoric acid groups is 1. The Hall–Kier alpha value is -3.75. The Kier molecular flexibility index (Phi) is 39.1. The summed E-state index contributed by atoms with van der Waals surface area (Å²) >= 11 is 1.14. The van der Waals surface area contributed by atoms with E-state index in [-0.39, 0.29) is 31.4 Å². The first-order chi connectivity index (χ1) is 35.0. The van der Waals surface area contributed by atoms with Crippen LogP contribution in [-0.4, -0.2) is 138 Å². The van der Waals surface area contributed by atoms with Crippen molar-refractivity contribution in [3.05, 3.63) is 109 Å². The number of carboxylic acid groups (broad SMARTS) is 1. The van der Waals surface area contributed by atoms with Crippen LogP contribution in [0.1, 0.15) is 129 Å². The largest absolute Gasteiger partial charge is 0.481 e. The molecule has 0 amide bonds. The van der Waals surface area contributed by atoms with Crippen LogP contribution in [0.15, 0.2) is 109 Å². The topological polar surface area (TPSA) is 293 Å². The van der Waals surface area contributed by atoms with Crippen LogP contribution in [0.3, 0.4) is 0 Å². The number of carbonyl (C=O) groups excluding carboxylic acids is 2. The molecule has 414 valence electrons.